The van der Waals surface area contributed by atoms with Crippen molar-refractivity contribution in [2.75, 3.05) is 0 Å². The van der Waals surface area contributed by atoms with Crippen molar-refractivity contribution in [1.82, 2.24) is 0 Å². The molecule has 17 heavy (non-hydrogen) atoms. The van der Waals surface area contributed by atoms with Gasteiger partial charge in [0.15, 0.2) is 0 Å². The molecule has 0 bridgehead atoms. The lowest BCUT2D eigenvalue weighted by molar-refractivity contribution is -0.226. The Morgan fingerprint density at radius 1 is 1.29 bits per heavy atom. The van der Waals surface area contributed by atoms with E-state index in [4.69, 9.17) is 14.2 Å². The zero-order valence-corrected chi connectivity index (χ0v) is 10.1. The first kappa shape index (κ1) is 15.5. The van der Waals surface area contributed by atoms with Crippen LogP contribution in [0.15, 0.2) is 11.5 Å². The smallest absolute Gasteiger partial charge is 0.344 e. The van der Waals surface area contributed by atoms with Gasteiger partial charge in [0.05, 0.1) is 0 Å². The molecule has 0 aromatic heterocycles. The van der Waals surface area contributed by atoms with Crippen LogP contribution in [-0.4, -0.2) is 17.7 Å². The molecule has 0 aromatic carbocycles. The Balaban J connectivity index is 0.00000256. The van der Waals surface area contributed by atoms with Crippen molar-refractivity contribution in [3.05, 3.63) is 11.5 Å². The topological polar surface area (TPSA) is 61.8 Å². The van der Waals surface area contributed by atoms with Crippen molar-refractivity contribution < 1.29 is 23.8 Å². The summed E-state index contributed by atoms with van der Waals surface area (Å²) in [6, 6.07) is 0. The van der Waals surface area contributed by atoms with Crippen LogP contribution in [0.2, 0.25) is 0 Å². The molecule has 0 atom stereocenters. The lowest BCUT2D eigenvalue weighted by atomic mass is 10.0. The Hall–Kier alpha value is -1.52. The van der Waals surface area contributed by atoms with E-state index < -0.39 is 17.7 Å². The fourth-order valence-electron chi connectivity index (χ4n) is 1.34. The zero-order valence-electron chi connectivity index (χ0n) is 10.1. The maximum Gasteiger partial charge on any atom is 0.344 e. The molecule has 1 rings (SSSR count). The number of carbonyl (C=O) groups is 2. The van der Waals surface area contributed by atoms with Crippen LogP contribution < -0.4 is 0 Å². The molecule has 5 heteroatoms. The maximum atomic E-state index is 11.7. The fraction of sp³-hybridized carbons (Fsp3) is 0.667. The van der Waals surface area contributed by atoms with Gasteiger partial charge in [0.2, 0.25) is 0 Å². The fourth-order valence-corrected chi connectivity index (χ4v) is 1.34. The molecule has 0 saturated carbocycles. The number of ether oxygens (including phenoxy) is 3. The van der Waals surface area contributed by atoms with Crippen molar-refractivity contribution in [2.45, 2.75) is 47.8 Å². The van der Waals surface area contributed by atoms with Gasteiger partial charge in [-0.2, -0.15) is 0 Å². The van der Waals surface area contributed by atoms with Gasteiger partial charge in [-0.3, -0.25) is 4.79 Å². The molecule has 0 fully saturated rings. The van der Waals surface area contributed by atoms with E-state index in [0.717, 1.165) is 0 Å². The van der Waals surface area contributed by atoms with Gasteiger partial charge in [0.1, 0.15) is 5.57 Å². The number of esters is 2. The van der Waals surface area contributed by atoms with Gasteiger partial charge in [-0.25, -0.2) is 4.79 Å². The molecule has 5 nitrogen and oxygen atoms in total. The maximum absolute atomic E-state index is 11.7. The molecule has 0 amide bonds. The number of cyclic esters (lactones) is 1. The molecule has 1 heterocycles. The van der Waals surface area contributed by atoms with Crippen molar-refractivity contribution >= 4 is 11.9 Å². The third kappa shape index (κ3) is 3.76. The van der Waals surface area contributed by atoms with Crippen LogP contribution in [0.5, 0.6) is 0 Å². The highest BCUT2D eigenvalue weighted by molar-refractivity contribution is 5.90. The summed E-state index contributed by atoms with van der Waals surface area (Å²) in [6.45, 7) is 7.99. The molecular formula is C12H20O5. The van der Waals surface area contributed by atoms with Crippen molar-refractivity contribution in [2.24, 2.45) is 5.92 Å². The highest BCUT2D eigenvalue weighted by atomic mass is 16.8. The van der Waals surface area contributed by atoms with Crippen molar-refractivity contribution in [1.29, 1.82) is 0 Å². The van der Waals surface area contributed by atoms with Crippen LogP contribution in [0.4, 0.5) is 0 Å². The van der Waals surface area contributed by atoms with Crippen LogP contribution in [0.1, 0.15) is 42.0 Å². The van der Waals surface area contributed by atoms with E-state index in [2.05, 4.69) is 0 Å². The van der Waals surface area contributed by atoms with Crippen molar-refractivity contribution in [3.8, 4) is 0 Å². The molecule has 98 valence electrons. The van der Waals surface area contributed by atoms with Crippen LogP contribution in [0.3, 0.4) is 0 Å². The molecule has 0 aromatic rings. The first-order chi connectivity index (χ1) is 7.23. The van der Waals surface area contributed by atoms with Crippen LogP contribution >= 0.6 is 0 Å². The molecule has 1 aliphatic rings. The summed E-state index contributed by atoms with van der Waals surface area (Å²) in [4.78, 5) is 22.6. The second kappa shape index (κ2) is 5.21. The number of carbonyl (C=O) groups excluding carboxylic acids is 2. The largest absolute Gasteiger partial charge is 0.422 e. The molecule has 1 aliphatic heterocycles. The van der Waals surface area contributed by atoms with E-state index in [0.29, 0.717) is 0 Å². The average molecular weight is 244 g/mol. The van der Waals surface area contributed by atoms with Gasteiger partial charge in [-0.1, -0.05) is 21.3 Å². The van der Waals surface area contributed by atoms with Crippen molar-refractivity contribution in [3.63, 3.8) is 0 Å². The van der Waals surface area contributed by atoms with E-state index in [9.17, 15) is 9.59 Å². The first-order valence-electron chi connectivity index (χ1n) is 5.08. The highest BCUT2D eigenvalue weighted by Gasteiger charge is 2.38. The monoisotopic (exact) mass is 244 g/mol. The Bertz CT molecular complexity index is 352. The van der Waals surface area contributed by atoms with E-state index in [1.54, 1.807) is 27.7 Å². The predicted molar refractivity (Wildman–Crippen MR) is 61.6 cm³/mol. The lowest BCUT2D eigenvalue weighted by Gasteiger charge is -2.33. The number of rotatable bonds is 2. The molecule has 0 aliphatic carbocycles. The minimum absolute atomic E-state index is 0. The standard InChI is InChI=1S/C11H16O5.CH4/c1-6(2)8-9(13)15-11(4,5)16-10(8)14-7(3)12;/h6H,1-5H3;1H4. The van der Waals surface area contributed by atoms with Gasteiger partial charge in [0, 0.05) is 20.8 Å². The second-order valence-electron chi connectivity index (χ2n) is 4.34. The minimum atomic E-state index is -1.11. The quantitative estimate of drug-likeness (QED) is 0.698. The summed E-state index contributed by atoms with van der Waals surface area (Å²) in [6.07, 6.45) is 0. The molecule has 0 saturated heterocycles. The molecule has 0 N–H and O–H groups in total. The highest BCUT2D eigenvalue weighted by Crippen LogP contribution is 2.30. The predicted octanol–water partition coefficient (Wildman–Crippen LogP) is 2.36. The average Bonchev–Trinajstić information content (AvgIpc) is 1.96. The normalized spacial score (nSPS) is 18.1. The van der Waals surface area contributed by atoms with Gasteiger partial charge in [-0.05, 0) is 5.92 Å². The minimum Gasteiger partial charge on any atom is -0.422 e. The Morgan fingerprint density at radius 2 is 1.82 bits per heavy atom. The van der Waals surface area contributed by atoms with Gasteiger partial charge in [-0.15, -0.1) is 0 Å². The van der Waals surface area contributed by atoms with Gasteiger partial charge >= 0.3 is 17.9 Å². The number of hydrogen-bond acceptors (Lipinski definition) is 5. The number of hydrogen-bond donors (Lipinski definition) is 0. The van der Waals surface area contributed by atoms with E-state index in [1.165, 1.54) is 6.92 Å². The Morgan fingerprint density at radius 3 is 2.24 bits per heavy atom. The molecule has 0 unspecified atom stereocenters. The Labute approximate surface area is 102 Å². The van der Waals surface area contributed by atoms with E-state index in [1.807, 2.05) is 0 Å². The van der Waals surface area contributed by atoms with E-state index in [-0.39, 0.29) is 24.9 Å². The third-order valence-corrected chi connectivity index (χ3v) is 1.93. The molecular weight excluding hydrogens is 224 g/mol. The van der Waals surface area contributed by atoms with Crippen LogP contribution in [0, 0.1) is 5.92 Å². The van der Waals surface area contributed by atoms with E-state index >= 15 is 0 Å². The SMILES string of the molecule is C.CC(=O)OC1=C(C(C)C)C(=O)OC(C)(C)O1. The second-order valence-corrected chi connectivity index (χ2v) is 4.34. The Kier molecular flexibility index (Phi) is 4.74. The van der Waals surface area contributed by atoms with Crippen LogP contribution in [0.25, 0.3) is 0 Å². The summed E-state index contributed by atoms with van der Waals surface area (Å²) in [7, 11) is 0. The zero-order chi connectivity index (χ0) is 12.5. The molecule has 0 spiro atoms. The van der Waals surface area contributed by atoms with Crippen LogP contribution in [-0.2, 0) is 23.8 Å². The molecule has 0 radical (unpaired) electrons. The summed E-state index contributed by atoms with van der Waals surface area (Å²) in [5, 5.41) is 0. The first-order valence-corrected chi connectivity index (χ1v) is 5.08. The summed E-state index contributed by atoms with van der Waals surface area (Å²) in [5.74, 6) is -2.34. The van der Waals surface area contributed by atoms with Gasteiger partial charge < -0.3 is 14.2 Å². The van der Waals surface area contributed by atoms with Gasteiger partial charge in [0.25, 0.3) is 5.79 Å². The lowest BCUT2D eigenvalue weighted by Crippen LogP contribution is -2.39. The summed E-state index contributed by atoms with van der Waals surface area (Å²) < 4.78 is 15.3. The third-order valence-electron chi connectivity index (χ3n) is 1.93. The summed E-state index contributed by atoms with van der Waals surface area (Å²) in [5.41, 5.74) is 0.245. The summed E-state index contributed by atoms with van der Waals surface area (Å²) >= 11 is 0.